The van der Waals surface area contributed by atoms with Gasteiger partial charge < -0.3 is 15.4 Å². The summed E-state index contributed by atoms with van der Waals surface area (Å²) in [6, 6.07) is 13.0. The van der Waals surface area contributed by atoms with Gasteiger partial charge in [0.05, 0.1) is 0 Å². The van der Waals surface area contributed by atoms with E-state index in [0.29, 0.717) is 11.6 Å². The van der Waals surface area contributed by atoms with Crippen molar-refractivity contribution in [1.82, 2.24) is 10.3 Å². The highest BCUT2D eigenvalue weighted by Crippen LogP contribution is 2.58. The Balaban J connectivity index is 1.35. The second kappa shape index (κ2) is 6.24. The largest absolute Gasteiger partial charge is 0.439 e. The first-order valence-corrected chi connectivity index (χ1v) is 8.46. The highest BCUT2D eigenvalue weighted by atomic mass is 16.5. The molecule has 2 fully saturated rings. The number of amides is 1. The molecular weight excluding hydrogens is 302 g/mol. The van der Waals surface area contributed by atoms with Crippen molar-refractivity contribution in [2.24, 2.45) is 11.3 Å². The molecule has 1 saturated carbocycles. The third kappa shape index (κ3) is 3.12. The number of anilines is 1. The van der Waals surface area contributed by atoms with E-state index in [4.69, 9.17) is 4.74 Å². The van der Waals surface area contributed by atoms with E-state index in [2.05, 4.69) is 15.6 Å². The van der Waals surface area contributed by atoms with Crippen molar-refractivity contribution in [3.63, 3.8) is 0 Å². The standard InChI is InChI=1S/C19H21N3O2/c23-18(16-13-19(16)8-11-20-12-9-19)22-14-4-6-15(7-5-14)24-17-3-1-2-10-21-17/h1-7,10,16,20H,8-9,11-13H2,(H,22,23). The van der Waals surface area contributed by atoms with Gasteiger partial charge in [0, 0.05) is 23.9 Å². The zero-order valence-electron chi connectivity index (χ0n) is 13.5. The molecule has 1 aromatic carbocycles. The number of ether oxygens (including phenoxy) is 1. The average Bonchev–Trinajstić information content (AvgIpc) is 3.31. The second-order valence-electron chi connectivity index (χ2n) is 6.65. The molecule has 2 aromatic rings. The maximum Gasteiger partial charge on any atom is 0.228 e. The van der Waals surface area contributed by atoms with Crippen LogP contribution in [0.25, 0.3) is 0 Å². The van der Waals surface area contributed by atoms with Gasteiger partial charge in [0.25, 0.3) is 0 Å². The number of carbonyl (C=O) groups is 1. The first-order valence-electron chi connectivity index (χ1n) is 8.46. The maximum absolute atomic E-state index is 12.5. The number of nitrogens with one attached hydrogen (secondary N) is 2. The predicted molar refractivity (Wildman–Crippen MR) is 92.0 cm³/mol. The minimum absolute atomic E-state index is 0.148. The van der Waals surface area contributed by atoms with Crippen LogP contribution in [-0.2, 0) is 4.79 Å². The van der Waals surface area contributed by atoms with Crippen molar-refractivity contribution in [1.29, 1.82) is 0 Å². The van der Waals surface area contributed by atoms with Crippen molar-refractivity contribution in [2.75, 3.05) is 18.4 Å². The minimum Gasteiger partial charge on any atom is -0.439 e. The van der Waals surface area contributed by atoms with Crippen LogP contribution in [0.1, 0.15) is 19.3 Å². The Labute approximate surface area is 141 Å². The van der Waals surface area contributed by atoms with Gasteiger partial charge in [0.1, 0.15) is 5.75 Å². The van der Waals surface area contributed by atoms with Crippen LogP contribution >= 0.6 is 0 Å². The Kier molecular flexibility index (Phi) is 3.94. The van der Waals surface area contributed by atoms with Crippen LogP contribution in [0.2, 0.25) is 0 Å². The number of hydrogen-bond acceptors (Lipinski definition) is 4. The highest BCUT2D eigenvalue weighted by Gasteiger charge is 2.57. The summed E-state index contributed by atoms with van der Waals surface area (Å²) in [6.45, 7) is 2.06. The zero-order chi connectivity index (χ0) is 16.4. The van der Waals surface area contributed by atoms with Crippen LogP contribution in [-0.4, -0.2) is 24.0 Å². The first kappa shape index (κ1) is 15.1. The van der Waals surface area contributed by atoms with Crippen LogP contribution in [0.15, 0.2) is 48.7 Å². The van der Waals surface area contributed by atoms with E-state index in [1.54, 1.807) is 12.3 Å². The van der Waals surface area contributed by atoms with Gasteiger partial charge in [-0.1, -0.05) is 6.07 Å². The number of hydrogen-bond donors (Lipinski definition) is 2. The Hall–Kier alpha value is -2.40. The van der Waals surface area contributed by atoms with E-state index < -0.39 is 0 Å². The molecule has 5 heteroatoms. The molecule has 24 heavy (non-hydrogen) atoms. The molecule has 1 atom stereocenters. The molecule has 1 aliphatic carbocycles. The van der Waals surface area contributed by atoms with Crippen LogP contribution < -0.4 is 15.4 Å². The SMILES string of the molecule is O=C(Nc1ccc(Oc2ccccn2)cc1)C1CC12CCNCC2. The molecule has 2 heterocycles. The molecule has 5 nitrogen and oxygen atoms in total. The van der Waals surface area contributed by atoms with E-state index in [-0.39, 0.29) is 17.2 Å². The maximum atomic E-state index is 12.5. The fourth-order valence-electron chi connectivity index (χ4n) is 3.56. The molecule has 0 bridgehead atoms. The number of aromatic nitrogens is 1. The average molecular weight is 323 g/mol. The van der Waals surface area contributed by atoms with Gasteiger partial charge in [0.15, 0.2) is 0 Å². The monoisotopic (exact) mass is 323 g/mol. The lowest BCUT2D eigenvalue weighted by molar-refractivity contribution is -0.118. The fraction of sp³-hybridized carbons (Fsp3) is 0.368. The third-order valence-corrected chi connectivity index (χ3v) is 5.09. The molecule has 1 amide bonds. The molecule has 1 aromatic heterocycles. The highest BCUT2D eigenvalue weighted by molar-refractivity contribution is 5.95. The van der Waals surface area contributed by atoms with Gasteiger partial charge in [0.2, 0.25) is 11.8 Å². The summed E-state index contributed by atoms with van der Waals surface area (Å²) >= 11 is 0. The molecule has 2 aliphatic rings. The van der Waals surface area contributed by atoms with E-state index >= 15 is 0 Å². The van der Waals surface area contributed by atoms with Crippen molar-refractivity contribution >= 4 is 11.6 Å². The third-order valence-electron chi connectivity index (χ3n) is 5.09. The van der Waals surface area contributed by atoms with Gasteiger partial charge in [-0.3, -0.25) is 4.79 Å². The number of rotatable bonds is 4. The lowest BCUT2D eigenvalue weighted by Crippen LogP contribution is -2.31. The molecule has 124 valence electrons. The normalized spacial score (nSPS) is 21.2. The molecule has 4 rings (SSSR count). The van der Waals surface area contributed by atoms with Gasteiger partial charge >= 0.3 is 0 Å². The molecule has 1 unspecified atom stereocenters. The number of piperidine rings is 1. The molecule has 1 aliphatic heterocycles. The van der Waals surface area contributed by atoms with Gasteiger partial charge in [-0.05, 0) is 68.1 Å². The van der Waals surface area contributed by atoms with E-state index in [1.807, 2.05) is 36.4 Å². The van der Waals surface area contributed by atoms with Crippen molar-refractivity contribution in [3.8, 4) is 11.6 Å². The first-order chi connectivity index (χ1) is 11.8. The summed E-state index contributed by atoms with van der Waals surface area (Å²) in [5.74, 6) is 1.58. The number of pyridine rings is 1. The Morgan fingerprint density at radius 2 is 1.96 bits per heavy atom. The molecule has 1 saturated heterocycles. The molecule has 2 N–H and O–H groups in total. The van der Waals surface area contributed by atoms with Crippen LogP contribution in [0.5, 0.6) is 11.6 Å². The number of carbonyl (C=O) groups excluding carboxylic acids is 1. The second-order valence-corrected chi connectivity index (χ2v) is 6.65. The lowest BCUT2D eigenvalue weighted by Gasteiger charge is -2.23. The Morgan fingerprint density at radius 1 is 1.17 bits per heavy atom. The molecular formula is C19H21N3O2. The lowest BCUT2D eigenvalue weighted by atomic mass is 9.92. The van der Waals surface area contributed by atoms with Gasteiger partial charge in [-0.25, -0.2) is 4.98 Å². The van der Waals surface area contributed by atoms with Crippen LogP contribution in [0, 0.1) is 11.3 Å². The van der Waals surface area contributed by atoms with Gasteiger partial charge in [-0.15, -0.1) is 0 Å². The van der Waals surface area contributed by atoms with E-state index in [1.165, 1.54) is 0 Å². The summed E-state index contributed by atoms with van der Waals surface area (Å²) < 4.78 is 5.66. The number of benzene rings is 1. The van der Waals surface area contributed by atoms with E-state index in [9.17, 15) is 4.79 Å². The summed E-state index contributed by atoms with van der Waals surface area (Å²) in [4.78, 5) is 16.6. The summed E-state index contributed by atoms with van der Waals surface area (Å²) in [7, 11) is 0. The quantitative estimate of drug-likeness (QED) is 0.907. The van der Waals surface area contributed by atoms with Crippen LogP contribution in [0.4, 0.5) is 5.69 Å². The smallest absolute Gasteiger partial charge is 0.228 e. The van der Waals surface area contributed by atoms with Crippen molar-refractivity contribution in [3.05, 3.63) is 48.7 Å². The zero-order valence-corrected chi connectivity index (χ0v) is 13.5. The summed E-state index contributed by atoms with van der Waals surface area (Å²) in [5, 5.41) is 6.40. The molecule has 0 radical (unpaired) electrons. The van der Waals surface area contributed by atoms with Gasteiger partial charge in [-0.2, -0.15) is 0 Å². The Bertz CT molecular complexity index is 709. The predicted octanol–water partition coefficient (Wildman–Crippen LogP) is 3.20. The summed E-state index contributed by atoms with van der Waals surface area (Å²) in [5.41, 5.74) is 1.07. The van der Waals surface area contributed by atoms with E-state index in [0.717, 1.165) is 38.0 Å². The molecule has 1 spiro atoms. The fourth-order valence-corrected chi connectivity index (χ4v) is 3.56. The topological polar surface area (TPSA) is 63.2 Å². The van der Waals surface area contributed by atoms with Crippen LogP contribution in [0.3, 0.4) is 0 Å². The Morgan fingerprint density at radius 3 is 2.67 bits per heavy atom. The minimum atomic E-state index is 0.148. The van der Waals surface area contributed by atoms with Crippen molar-refractivity contribution in [2.45, 2.75) is 19.3 Å². The van der Waals surface area contributed by atoms with Crippen molar-refractivity contribution < 1.29 is 9.53 Å². The number of nitrogens with zero attached hydrogens (tertiary/aromatic N) is 1. The summed E-state index contributed by atoms with van der Waals surface area (Å²) in [6.07, 6.45) is 4.95.